The highest BCUT2D eigenvalue weighted by Crippen LogP contribution is 2.32. The third-order valence-corrected chi connectivity index (χ3v) is 7.43. The molecule has 9 nitrogen and oxygen atoms in total. The first-order valence-electron chi connectivity index (χ1n) is 12.2. The summed E-state index contributed by atoms with van der Waals surface area (Å²) in [6.07, 6.45) is 0.818. The van der Waals surface area contributed by atoms with E-state index in [1.165, 1.54) is 11.8 Å². The number of aromatic nitrogens is 2. The number of nitrogens with zero attached hydrogens (tertiary/aromatic N) is 3. The zero-order chi connectivity index (χ0) is 24.9. The van der Waals surface area contributed by atoms with E-state index in [4.69, 9.17) is 19.2 Å². The summed E-state index contributed by atoms with van der Waals surface area (Å²) >= 11 is 1.31. The van der Waals surface area contributed by atoms with E-state index in [0.29, 0.717) is 40.6 Å². The van der Waals surface area contributed by atoms with Gasteiger partial charge in [-0.25, -0.2) is 4.98 Å². The number of fused-ring (bicyclic) bond motifs is 2. The van der Waals surface area contributed by atoms with Gasteiger partial charge >= 0.3 is 0 Å². The maximum absolute atomic E-state index is 13.3. The largest absolute Gasteiger partial charge is 0.454 e. The van der Waals surface area contributed by atoms with Crippen LogP contribution < -0.4 is 20.3 Å². The van der Waals surface area contributed by atoms with Crippen molar-refractivity contribution < 1.29 is 19.0 Å². The van der Waals surface area contributed by atoms with E-state index in [1.54, 1.807) is 10.6 Å². The van der Waals surface area contributed by atoms with Crippen molar-refractivity contribution in [2.45, 2.75) is 36.8 Å². The maximum Gasteiger partial charge on any atom is 0.262 e. The molecule has 0 aliphatic carbocycles. The highest BCUT2D eigenvalue weighted by atomic mass is 32.2. The molecule has 0 unspecified atom stereocenters. The van der Waals surface area contributed by atoms with Gasteiger partial charge in [-0.2, -0.15) is 0 Å². The number of hydrogen-bond acceptors (Lipinski definition) is 8. The van der Waals surface area contributed by atoms with Gasteiger partial charge < -0.3 is 19.5 Å². The molecule has 2 aromatic carbocycles. The number of thioether (sulfide) groups is 1. The summed E-state index contributed by atoms with van der Waals surface area (Å²) in [7, 11) is 0. The van der Waals surface area contributed by atoms with Crippen LogP contribution in [0.15, 0.2) is 52.4 Å². The second-order valence-corrected chi connectivity index (χ2v) is 10.1. The molecular weight excluding hydrogens is 480 g/mol. The zero-order valence-electron chi connectivity index (χ0n) is 20.3. The fourth-order valence-corrected chi connectivity index (χ4v) is 5.27. The number of ether oxygens (including phenoxy) is 3. The predicted molar refractivity (Wildman–Crippen MR) is 138 cm³/mol. The number of para-hydroxylation sites is 1. The van der Waals surface area contributed by atoms with Crippen molar-refractivity contribution in [2.24, 2.45) is 0 Å². The summed E-state index contributed by atoms with van der Waals surface area (Å²) in [4.78, 5) is 33.4. The van der Waals surface area contributed by atoms with Crippen LogP contribution in [0.2, 0.25) is 0 Å². The van der Waals surface area contributed by atoms with E-state index < -0.39 is 5.25 Å². The molecule has 1 aromatic heterocycles. The molecule has 1 atom stereocenters. The van der Waals surface area contributed by atoms with Crippen molar-refractivity contribution in [1.29, 1.82) is 0 Å². The van der Waals surface area contributed by atoms with E-state index in [0.717, 1.165) is 44.8 Å². The van der Waals surface area contributed by atoms with Crippen LogP contribution in [0.5, 0.6) is 11.5 Å². The van der Waals surface area contributed by atoms with E-state index in [1.807, 2.05) is 43.3 Å². The summed E-state index contributed by atoms with van der Waals surface area (Å²) in [6, 6.07) is 13.0. The van der Waals surface area contributed by atoms with Crippen LogP contribution in [0.25, 0.3) is 10.9 Å². The Kier molecular flexibility index (Phi) is 7.74. The summed E-state index contributed by atoms with van der Waals surface area (Å²) in [5, 5.41) is 3.70. The Balaban J connectivity index is 1.27. The SMILES string of the molecule is C[C@@H](Sc1nc2ccccc2c(=O)n1CCCN1CCOCC1)C(=O)NCc1ccc2c(c1)OCO2. The van der Waals surface area contributed by atoms with Crippen molar-refractivity contribution >= 4 is 28.6 Å². The molecule has 2 aliphatic rings. The average molecular weight is 511 g/mol. The standard InChI is InChI=1S/C26H30N4O5S/c1-18(24(31)27-16-19-7-8-22-23(15-19)35-17-34-22)36-26-28-21-6-3-2-5-20(21)25(32)30(26)10-4-9-29-11-13-33-14-12-29/h2-3,5-8,15,18H,4,9-14,16-17H2,1H3,(H,27,31)/t18-/m1/s1. The number of benzene rings is 2. The minimum atomic E-state index is -0.433. The first kappa shape index (κ1) is 24.6. The van der Waals surface area contributed by atoms with Crippen molar-refractivity contribution in [2.75, 3.05) is 39.6 Å². The van der Waals surface area contributed by atoms with Gasteiger partial charge in [0.15, 0.2) is 16.7 Å². The first-order valence-corrected chi connectivity index (χ1v) is 13.1. The zero-order valence-corrected chi connectivity index (χ0v) is 21.1. The predicted octanol–water partition coefficient (Wildman–Crippen LogP) is 2.64. The Hall–Kier alpha value is -3.08. The fraction of sp³-hybridized carbons (Fsp3) is 0.423. The summed E-state index contributed by atoms with van der Waals surface area (Å²) in [6.45, 7) is 7.16. The molecule has 190 valence electrons. The van der Waals surface area contributed by atoms with Crippen molar-refractivity contribution in [3.8, 4) is 11.5 Å². The Labute approximate surface area is 213 Å². The quantitative estimate of drug-likeness (QED) is 0.347. The lowest BCUT2D eigenvalue weighted by Crippen LogP contribution is -2.37. The topological polar surface area (TPSA) is 94.9 Å². The lowest BCUT2D eigenvalue weighted by molar-refractivity contribution is -0.120. The van der Waals surface area contributed by atoms with Gasteiger partial charge in [0, 0.05) is 32.7 Å². The Morgan fingerprint density at radius 1 is 1.11 bits per heavy atom. The summed E-state index contributed by atoms with van der Waals surface area (Å²) in [5.74, 6) is 1.27. The second kappa shape index (κ2) is 11.3. The molecule has 3 heterocycles. The van der Waals surface area contributed by atoms with Crippen LogP contribution in [0, 0.1) is 0 Å². The van der Waals surface area contributed by atoms with Crippen LogP contribution >= 0.6 is 11.8 Å². The van der Waals surface area contributed by atoms with Gasteiger partial charge in [-0.1, -0.05) is 30.0 Å². The third kappa shape index (κ3) is 5.66. The monoisotopic (exact) mass is 510 g/mol. The fourth-order valence-electron chi connectivity index (χ4n) is 4.31. The molecular formula is C26H30N4O5S. The van der Waals surface area contributed by atoms with Crippen molar-refractivity contribution in [1.82, 2.24) is 19.8 Å². The molecule has 2 aliphatic heterocycles. The van der Waals surface area contributed by atoms with Crippen LogP contribution in [0.3, 0.4) is 0 Å². The molecule has 3 aromatic rings. The molecule has 0 radical (unpaired) electrons. The highest BCUT2D eigenvalue weighted by Gasteiger charge is 2.20. The normalized spacial score (nSPS) is 16.2. The molecule has 1 fully saturated rings. The van der Waals surface area contributed by atoms with Gasteiger partial charge in [-0.3, -0.25) is 19.1 Å². The minimum absolute atomic E-state index is 0.0713. The molecule has 36 heavy (non-hydrogen) atoms. The third-order valence-electron chi connectivity index (χ3n) is 6.34. The summed E-state index contributed by atoms with van der Waals surface area (Å²) < 4.78 is 17.9. The molecule has 1 amide bonds. The number of morpholine rings is 1. The van der Waals surface area contributed by atoms with E-state index in [9.17, 15) is 9.59 Å². The molecule has 0 bridgehead atoms. The van der Waals surface area contributed by atoms with Crippen LogP contribution in [-0.4, -0.2) is 65.2 Å². The van der Waals surface area contributed by atoms with E-state index in [-0.39, 0.29) is 18.3 Å². The molecule has 1 saturated heterocycles. The minimum Gasteiger partial charge on any atom is -0.454 e. The maximum atomic E-state index is 13.3. The number of rotatable bonds is 9. The number of carbonyl (C=O) groups excluding carboxylic acids is 1. The number of hydrogen-bond donors (Lipinski definition) is 1. The Bertz CT molecular complexity index is 1290. The van der Waals surface area contributed by atoms with Gasteiger partial charge in [0.05, 0.1) is 29.4 Å². The van der Waals surface area contributed by atoms with Crippen molar-refractivity contribution in [3.63, 3.8) is 0 Å². The number of carbonyl (C=O) groups is 1. The van der Waals surface area contributed by atoms with E-state index >= 15 is 0 Å². The van der Waals surface area contributed by atoms with E-state index in [2.05, 4.69) is 10.2 Å². The molecule has 10 heteroatoms. The average Bonchev–Trinajstić information content (AvgIpc) is 3.37. The molecule has 1 N–H and O–H groups in total. The van der Waals surface area contributed by atoms with Gasteiger partial charge in [0.2, 0.25) is 12.7 Å². The van der Waals surface area contributed by atoms with Gasteiger partial charge in [0.1, 0.15) is 0 Å². The smallest absolute Gasteiger partial charge is 0.262 e. The second-order valence-electron chi connectivity index (χ2n) is 8.84. The van der Waals surface area contributed by atoms with Crippen LogP contribution in [0.4, 0.5) is 0 Å². The Morgan fingerprint density at radius 3 is 2.78 bits per heavy atom. The van der Waals surface area contributed by atoms with Gasteiger partial charge in [-0.15, -0.1) is 0 Å². The van der Waals surface area contributed by atoms with Crippen LogP contribution in [-0.2, 0) is 22.6 Å². The first-order chi connectivity index (χ1) is 17.6. The number of amides is 1. The Morgan fingerprint density at radius 2 is 1.92 bits per heavy atom. The lowest BCUT2D eigenvalue weighted by atomic mass is 10.2. The van der Waals surface area contributed by atoms with Crippen LogP contribution in [0.1, 0.15) is 18.9 Å². The lowest BCUT2D eigenvalue weighted by Gasteiger charge is -2.26. The number of nitrogens with one attached hydrogen (secondary N) is 1. The van der Waals surface area contributed by atoms with Crippen molar-refractivity contribution in [3.05, 3.63) is 58.4 Å². The molecule has 0 spiro atoms. The summed E-state index contributed by atoms with van der Waals surface area (Å²) in [5.41, 5.74) is 1.49. The van der Waals surface area contributed by atoms with Gasteiger partial charge in [0.25, 0.3) is 5.56 Å². The van der Waals surface area contributed by atoms with Gasteiger partial charge in [-0.05, 0) is 43.2 Å². The molecule has 5 rings (SSSR count). The highest BCUT2D eigenvalue weighted by molar-refractivity contribution is 8.00. The molecule has 0 saturated carbocycles.